The van der Waals surface area contributed by atoms with E-state index >= 15 is 0 Å². The summed E-state index contributed by atoms with van der Waals surface area (Å²) in [6, 6.07) is 10.7. The van der Waals surface area contributed by atoms with Crippen LogP contribution in [0.25, 0.3) is 10.8 Å². The first-order valence-corrected chi connectivity index (χ1v) is 5.54. The molecular formula is C14H10O4. The molecule has 0 unspecified atom stereocenters. The minimum absolute atomic E-state index is 0.252. The molecule has 2 aromatic carbocycles. The lowest BCUT2D eigenvalue weighted by Gasteiger charge is -2.26. The van der Waals surface area contributed by atoms with Crippen molar-refractivity contribution in [2.45, 2.75) is 12.2 Å². The van der Waals surface area contributed by atoms with E-state index in [4.69, 9.17) is 0 Å². The van der Waals surface area contributed by atoms with Crippen LogP contribution in [0.15, 0.2) is 36.4 Å². The molecule has 18 heavy (non-hydrogen) atoms. The van der Waals surface area contributed by atoms with Gasteiger partial charge in [0.25, 0.3) is 5.78 Å². The summed E-state index contributed by atoms with van der Waals surface area (Å²) in [5.41, 5.74) is 0.751. The number of hydrogen-bond acceptors (Lipinski definition) is 4. The fourth-order valence-electron chi connectivity index (χ4n) is 2.30. The Bertz CT molecular complexity index is 685. The number of hydrogen-bond donors (Lipinski definition) is 2. The summed E-state index contributed by atoms with van der Waals surface area (Å²) in [7, 11) is 0. The van der Waals surface area contributed by atoms with Crippen molar-refractivity contribution in [3.63, 3.8) is 0 Å². The Hall–Kier alpha value is -2.04. The lowest BCUT2D eigenvalue weighted by atomic mass is 9.84. The number of fused-ring (bicyclic) bond motifs is 2. The molecule has 0 radical (unpaired) electrons. The van der Waals surface area contributed by atoms with E-state index in [2.05, 4.69) is 0 Å². The molecule has 0 atom stereocenters. The summed E-state index contributed by atoms with van der Waals surface area (Å²) in [6.45, 7) is 0. The van der Waals surface area contributed by atoms with E-state index in [9.17, 15) is 19.8 Å². The molecule has 0 aromatic heterocycles. The van der Waals surface area contributed by atoms with Crippen molar-refractivity contribution < 1.29 is 19.8 Å². The van der Waals surface area contributed by atoms with Crippen LogP contribution in [0.5, 0.6) is 0 Å². The predicted molar refractivity (Wildman–Crippen MR) is 64.2 cm³/mol. The number of aliphatic hydroxyl groups is 2. The molecule has 90 valence electrons. The number of rotatable bonds is 0. The van der Waals surface area contributed by atoms with Gasteiger partial charge in [-0.3, -0.25) is 9.59 Å². The van der Waals surface area contributed by atoms with Crippen molar-refractivity contribution in [3.8, 4) is 0 Å². The second-order valence-electron chi connectivity index (χ2n) is 4.51. The molecule has 0 aliphatic heterocycles. The van der Waals surface area contributed by atoms with Crippen molar-refractivity contribution in [1.82, 2.24) is 0 Å². The Morgan fingerprint density at radius 1 is 1.00 bits per heavy atom. The third kappa shape index (κ3) is 1.47. The molecule has 0 spiro atoms. The first-order chi connectivity index (χ1) is 8.49. The minimum Gasteiger partial charge on any atom is -0.359 e. The summed E-state index contributed by atoms with van der Waals surface area (Å²) in [5, 5.41) is 20.8. The van der Waals surface area contributed by atoms with E-state index in [1.165, 1.54) is 0 Å². The highest BCUT2D eigenvalue weighted by Crippen LogP contribution is 2.28. The smallest absolute Gasteiger partial charge is 0.262 e. The Morgan fingerprint density at radius 3 is 2.28 bits per heavy atom. The van der Waals surface area contributed by atoms with Crippen molar-refractivity contribution in [2.24, 2.45) is 0 Å². The zero-order valence-corrected chi connectivity index (χ0v) is 9.38. The quantitative estimate of drug-likeness (QED) is 0.530. The van der Waals surface area contributed by atoms with Crippen LogP contribution in [0.2, 0.25) is 0 Å². The van der Waals surface area contributed by atoms with Crippen LogP contribution in [0, 0.1) is 0 Å². The van der Waals surface area contributed by atoms with Crippen molar-refractivity contribution >= 4 is 22.3 Å². The average molecular weight is 242 g/mol. The molecule has 2 aromatic rings. The Balaban J connectivity index is 2.29. The van der Waals surface area contributed by atoms with E-state index in [1.54, 1.807) is 12.1 Å². The number of Topliss-reactive ketones (excluding diaryl/α,β-unsaturated/α-hetero) is 2. The van der Waals surface area contributed by atoms with Gasteiger partial charge in [-0.25, -0.2) is 0 Å². The van der Waals surface area contributed by atoms with Gasteiger partial charge >= 0.3 is 0 Å². The van der Waals surface area contributed by atoms with Gasteiger partial charge in [0, 0.05) is 12.0 Å². The maximum atomic E-state index is 11.8. The third-order valence-corrected chi connectivity index (χ3v) is 3.22. The summed E-state index contributed by atoms with van der Waals surface area (Å²) in [4.78, 5) is 23.3. The molecular weight excluding hydrogens is 232 g/mol. The van der Waals surface area contributed by atoms with Crippen LogP contribution in [0.3, 0.4) is 0 Å². The molecule has 1 aliphatic carbocycles. The van der Waals surface area contributed by atoms with Gasteiger partial charge in [-0.05, 0) is 22.4 Å². The van der Waals surface area contributed by atoms with Gasteiger partial charge in [-0.1, -0.05) is 30.3 Å². The molecule has 0 bridgehead atoms. The van der Waals surface area contributed by atoms with Gasteiger partial charge < -0.3 is 10.2 Å². The molecule has 1 aliphatic rings. The Kier molecular flexibility index (Phi) is 2.14. The second kappa shape index (κ2) is 3.48. The number of carbonyl (C=O) groups excluding carboxylic acids is 2. The van der Waals surface area contributed by atoms with Crippen LogP contribution in [0.4, 0.5) is 0 Å². The van der Waals surface area contributed by atoms with Crippen LogP contribution >= 0.6 is 0 Å². The number of benzene rings is 2. The molecule has 0 amide bonds. The molecule has 4 heteroatoms. The number of ketones is 2. The highest BCUT2D eigenvalue weighted by Gasteiger charge is 2.44. The lowest BCUT2D eigenvalue weighted by molar-refractivity contribution is -0.177. The van der Waals surface area contributed by atoms with E-state index in [1.807, 2.05) is 24.3 Å². The fraction of sp³-hybridized carbons (Fsp3) is 0.143. The minimum atomic E-state index is -2.58. The fourth-order valence-corrected chi connectivity index (χ4v) is 2.30. The van der Waals surface area contributed by atoms with Crippen molar-refractivity contribution in [2.75, 3.05) is 0 Å². The first kappa shape index (κ1) is 11.1. The monoisotopic (exact) mass is 242 g/mol. The van der Waals surface area contributed by atoms with Gasteiger partial charge in [0.05, 0.1) is 0 Å². The number of carbonyl (C=O) groups is 2. The lowest BCUT2D eigenvalue weighted by Crippen LogP contribution is -2.48. The van der Waals surface area contributed by atoms with E-state index < -0.39 is 17.4 Å². The maximum Gasteiger partial charge on any atom is 0.262 e. The molecule has 0 saturated heterocycles. The van der Waals surface area contributed by atoms with Crippen LogP contribution in [-0.2, 0) is 11.2 Å². The zero-order chi connectivity index (χ0) is 12.9. The molecule has 3 rings (SSSR count). The topological polar surface area (TPSA) is 74.6 Å². The first-order valence-electron chi connectivity index (χ1n) is 5.54. The van der Waals surface area contributed by atoms with Gasteiger partial charge in [0.1, 0.15) is 0 Å². The summed E-state index contributed by atoms with van der Waals surface area (Å²) >= 11 is 0. The van der Waals surface area contributed by atoms with E-state index in [0.717, 1.165) is 10.8 Å². The second-order valence-corrected chi connectivity index (χ2v) is 4.51. The van der Waals surface area contributed by atoms with E-state index in [-0.39, 0.29) is 12.0 Å². The average Bonchev–Trinajstić information content (AvgIpc) is 2.34. The van der Waals surface area contributed by atoms with Crippen LogP contribution < -0.4 is 0 Å². The molecule has 4 nitrogen and oxygen atoms in total. The predicted octanol–water partition coefficient (Wildman–Crippen LogP) is 0.829. The van der Waals surface area contributed by atoms with Crippen molar-refractivity contribution in [3.05, 3.63) is 47.5 Å². The van der Waals surface area contributed by atoms with Gasteiger partial charge in [0.15, 0.2) is 0 Å². The van der Waals surface area contributed by atoms with Crippen LogP contribution in [0.1, 0.15) is 15.9 Å². The van der Waals surface area contributed by atoms with Gasteiger partial charge in [-0.2, -0.15) is 0 Å². The summed E-state index contributed by atoms with van der Waals surface area (Å²) in [6.07, 6.45) is -0.252. The molecule has 0 heterocycles. The van der Waals surface area contributed by atoms with E-state index in [0.29, 0.717) is 5.56 Å². The Labute approximate surface area is 102 Å². The highest BCUT2D eigenvalue weighted by molar-refractivity contribution is 6.47. The SMILES string of the molecule is O=C1C(=O)C(O)(O)Cc2cc3ccccc3cc21. The third-order valence-electron chi connectivity index (χ3n) is 3.22. The Morgan fingerprint density at radius 2 is 1.61 bits per heavy atom. The zero-order valence-electron chi connectivity index (χ0n) is 9.38. The highest BCUT2D eigenvalue weighted by atomic mass is 16.5. The van der Waals surface area contributed by atoms with Crippen LogP contribution in [-0.4, -0.2) is 27.6 Å². The van der Waals surface area contributed by atoms with Gasteiger partial charge in [-0.15, -0.1) is 0 Å². The standard InChI is InChI=1S/C14H10O4/c15-12-11-6-9-4-2-1-3-8(9)5-10(11)7-14(17,18)13(12)16/h1-6,17-18H,7H2. The molecule has 2 N–H and O–H groups in total. The maximum absolute atomic E-state index is 11.8. The van der Waals surface area contributed by atoms with Crippen molar-refractivity contribution in [1.29, 1.82) is 0 Å². The molecule has 0 fully saturated rings. The summed E-state index contributed by atoms with van der Waals surface area (Å²) in [5.74, 6) is -4.58. The normalized spacial score (nSPS) is 17.9. The summed E-state index contributed by atoms with van der Waals surface area (Å²) < 4.78 is 0. The molecule has 0 saturated carbocycles. The van der Waals surface area contributed by atoms with Gasteiger partial charge in [0.2, 0.25) is 11.6 Å². The largest absolute Gasteiger partial charge is 0.359 e.